The molecular formula is C12H16F3NO. The van der Waals surface area contributed by atoms with Crippen LogP contribution in [-0.4, -0.2) is 11.6 Å². The Hall–Kier alpha value is -1.26. The predicted octanol–water partition coefficient (Wildman–Crippen LogP) is 4.01. The summed E-state index contributed by atoms with van der Waals surface area (Å²) in [6.07, 6.45) is -2.59. The number of pyridine rings is 1. The molecule has 0 bridgehead atoms. The summed E-state index contributed by atoms with van der Waals surface area (Å²) >= 11 is 0. The standard InChI is InChI=1S/C12H16F3NO/c1-4-5-17-11-7-16-10(8(2)3)6-9(11)12(13,14)15/h6-8H,4-5H2,1-3H3. The topological polar surface area (TPSA) is 22.1 Å². The fourth-order valence-corrected chi connectivity index (χ4v) is 1.32. The van der Waals surface area contributed by atoms with Crippen LogP contribution in [0.3, 0.4) is 0 Å². The van der Waals surface area contributed by atoms with E-state index >= 15 is 0 Å². The first-order valence-corrected chi connectivity index (χ1v) is 5.56. The Balaban J connectivity index is 3.13. The normalized spacial score (nSPS) is 11.9. The maximum Gasteiger partial charge on any atom is 0.420 e. The van der Waals surface area contributed by atoms with Gasteiger partial charge in [-0.3, -0.25) is 4.98 Å². The van der Waals surface area contributed by atoms with E-state index in [1.807, 2.05) is 6.92 Å². The summed E-state index contributed by atoms with van der Waals surface area (Å²) in [5, 5.41) is 0. The molecule has 0 atom stereocenters. The minimum absolute atomic E-state index is 0.0451. The van der Waals surface area contributed by atoms with Crippen molar-refractivity contribution in [3.63, 3.8) is 0 Å². The van der Waals surface area contributed by atoms with Crippen molar-refractivity contribution in [1.82, 2.24) is 4.98 Å². The molecular weight excluding hydrogens is 231 g/mol. The number of hydrogen-bond acceptors (Lipinski definition) is 2. The quantitative estimate of drug-likeness (QED) is 0.801. The van der Waals surface area contributed by atoms with E-state index in [0.29, 0.717) is 12.1 Å². The number of ether oxygens (including phenoxy) is 1. The molecule has 0 saturated carbocycles. The Kier molecular flexibility index (Phi) is 4.37. The molecule has 0 amide bonds. The highest BCUT2D eigenvalue weighted by atomic mass is 19.4. The van der Waals surface area contributed by atoms with Crippen molar-refractivity contribution >= 4 is 0 Å². The van der Waals surface area contributed by atoms with Crippen molar-refractivity contribution in [2.24, 2.45) is 0 Å². The largest absolute Gasteiger partial charge is 0.491 e. The highest BCUT2D eigenvalue weighted by molar-refractivity contribution is 5.35. The zero-order chi connectivity index (χ0) is 13.1. The second-order valence-electron chi connectivity index (χ2n) is 4.11. The van der Waals surface area contributed by atoms with E-state index in [0.717, 1.165) is 12.3 Å². The molecule has 5 heteroatoms. The molecule has 0 N–H and O–H groups in total. The van der Waals surface area contributed by atoms with Crippen LogP contribution >= 0.6 is 0 Å². The third-order valence-corrected chi connectivity index (χ3v) is 2.25. The van der Waals surface area contributed by atoms with Gasteiger partial charge in [0.2, 0.25) is 0 Å². The second kappa shape index (κ2) is 5.38. The van der Waals surface area contributed by atoms with Crippen LogP contribution in [0, 0.1) is 0 Å². The molecule has 1 aromatic heterocycles. The third kappa shape index (κ3) is 3.61. The van der Waals surface area contributed by atoms with Crippen LogP contribution in [0.15, 0.2) is 12.3 Å². The van der Waals surface area contributed by atoms with E-state index in [1.165, 1.54) is 0 Å². The molecule has 0 saturated heterocycles. The lowest BCUT2D eigenvalue weighted by molar-refractivity contribution is -0.139. The minimum atomic E-state index is -4.41. The van der Waals surface area contributed by atoms with Gasteiger partial charge < -0.3 is 4.74 Å². The van der Waals surface area contributed by atoms with E-state index in [9.17, 15) is 13.2 Å². The molecule has 1 aromatic rings. The molecule has 0 fully saturated rings. The maximum atomic E-state index is 12.8. The van der Waals surface area contributed by atoms with Gasteiger partial charge >= 0.3 is 6.18 Å². The zero-order valence-electron chi connectivity index (χ0n) is 10.1. The monoisotopic (exact) mass is 247 g/mol. The molecule has 0 unspecified atom stereocenters. The molecule has 17 heavy (non-hydrogen) atoms. The Morgan fingerprint density at radius 2 is 2.00 bits per heavy atom. The van der Waals surface area contributed by atoms with Crippen LogP contribution in [0.5, 0.6) is 5.75 Å². The van der Waals surface area contributed by atoms with E-state index in [4.69, 9.17) is 4.74 Å². The lowest BCUT2D eigenvalue weighted by atomic mass is 10.1. The summed E-state index contributed by atoms with van der Waals surface area (Å²) in [4.78, 5) is 3.98. The summed E-state index contributed by atoms with van der Waals surface area (Å²) in [5.74, 6) is -0.236. The number of alkyl halides is 3. The van der Waals surface area contributed by atoms with E-state index in [2.05, 4.69) is 4.98 Å². The Bertz CT molecular complexity index is 375. The molecule has 0 aliphatic rings. The molecule has 1 rings (SSSR count). The summed E-state index contributed by atoms with van der Waals surface area (Å²) < 4.78 is 43.5. The van der Waals surface area contributed by atoms with Crippen LogP contribution < -0.4 is 4.74 Å². The van der Waals surface area contributed by atoms with Gasteiger partial charge in [-0.15, -0.1) is 0 Å². The van der Waals surface area contributed by atoms with Gasteiger partial charge in [0.1, 0.15) is 11.3 Å². The molecule has 0 spiro atoms. The Morgan fingerprint density at radius 3 is 2.47 bits per heavy atom. The molecule has 2 nitrogen and oxygen atoms in total. The average Bonchev–Trinajstić information content (AvgIpc) is 2.24. The van der Waals surface area contributed by atoms with Crippen molar-refractivity contribution in [3.8, 4) is 5.75 Å². The van der Waals surface area contributed by atoms with Crippen LogP contribution in [0.1, 0.15) is 44.4 Å². The number of hydrogen-bond donors (Lipinski definition) is 0. The fourth-order valence-electron chi connectivity index (χ4n) is 1.32. The highest BCUT2D eigenvalue weighted by Crippen LogP contribution is 2.37. The summed E-state index contributed by atoms with van der Waals surface area (Å²) in [7, 11) is 0. The minimum Gasteiger partial charge on any atom is -0.491 e. The molecule has 0 aromatic carbocycles. The molecule has 0 radical (unpaired) electrons. The smallest absolute Gasteiger partial charge is 0.420 e. The van der Waals surface area contributed by atoms with Gasteiger partial charge in [-0.1, -0.05) is 20.8 Å². The fraction of sp³-hybridized carbons (Fsp3) is 0.583. The first kappa shape index (κ1) is 13.8. The lowest BCUT2D eigenvalue weighted by Gasteiger charge is -2.15. The predicted molar refractivity (Wildman–Crippen MR) is 59.1 cm³/mol. The Labute approximate surface area is 98.8 Å². The first-order valence-electron chi connectivity index (χ1n) is 5.56. The summed E-state index contributed by atoms with van der Waals surface area (Å²) in [6, 6.07) is 1.07. The van der Waals surface area contributed by atoms with Crippen molar-refractivity contribution in [2.75, 3.05) is 6.61 Å². The van der Waals surface area contributed by atoms with Crippen molar-refractivity contribution in [1.29, 1.82) is 0 Å². The number of rotatable bonds is 4. The van der Waals surface area contributed by atoms with Crippen molar-refractivity contribution < 1.29 is 17.9 Å². The third-order valence-electron chi connectivity index (χ3n) is 2.25. The number of aromatic nitrogens is 1. The number of nitrogens with zero attached hydrogens (tertiary/aromatic N) is 1. The van der Waals surface area contributed by atoms with Crippen LogP contribution in [0.2, 0.25) is 0 Å². The van der Waals surface area contributed by atoms with Crippen molar-refractivity contribution in [3.05, 3.63) is 23.5 Å². The Morgan fingerprint density at radius 1 is 1.35 bits per heavy atom. The molecule has 1 heterocycles. The number of halogens is 3. The van der Waals surface area contributed by atoms with Crippen LogP contribution in [0.25, 0.3) is 0 Å². The summed E-state index contributed by atoms with van der Waals surface area (Å²) in [6.45, 7) is 5.69. The molecule has 0 aliphatic carbocycles. The van der Waals surface area contributed by atoms with Gasteiger partial charge in [0.25, 0.3) is 0 Å². The van der Waals surface area contributed by atoms with Gasteiger partial charge in [-0.25, -0.2) is 0 Å². The first-order chi connectivity index (χ1) is 7.86. The SMILES string of the molecule is CCCOc1cnc(C(C)C)cc1C(F)(F)F. The molecule has 0 aliphatic heterocycles. The van der Waals surface area contributed by atoms with E-state index < -0.39 is 11.7 Å². The highest BCUT2D eigenvalue weighted by Gasteiger charge is 2.35. The van der Waals surface area contributed by atoms with Gasteiger partial charge in [0.15, 0.2) is 0 Å². The molecule has 96 valence electrons. The van der Waals surface area contributed by atoms with Gasteiger partial charge in [0, 0.05) is 5.69 Å². The van der Waals surface area contributed by atoms with Gasteiger partial charge in [-0.2, -0.15) is 13.2 Å². The second-order valence-corrected chi connectivity index (χ2v) is 4.11. The van der Waals surface area contributed by atoms with Gasteiger partial charge in [-0.05, 0) is 18.4 Å². The zero-order valence-corrected chi connectivity index (χ0v) is 10.1. The maximum absolute atomic E-state index is 12.8. The average molecular weight is 247 g/mol. The van der Waals surface area contributed by atoms with E-state index in [1.54, 1.807) is 13.8 Å². The summed E-state index contributed by atoms with van der Waals surface area (Å²) in [5.41, 5.74) is -0.328. The van der Waals surface area contributed by atoms with E-state index in [-0.39, 0.29) is 18.3 Å². The van der Waals surface area contributed by atoms with Gasteiger partial charge in [0.05, 0.1) is 12.8 Å². The van der Waals surface area contributed by atoms with Crippen LogP contribution in [0.4, 0.5) is 13.2 Å². The van der Waals surface area contributed by atoms with Crippen molar-refractivity contribution in [2.45, 2.75) is 39.3 Å². The lowest BCUT2D eigenvalue weighted by Crippen LogP contribution is -2.11. The van der Waals surface area contributed by atoms with Crippen LogP contribution in [-0.2, 0) is 6.18 Å².